The Bertz CT molecular complexity index is 568. The Morgan fingerprint density at radius 2 is 1.83 bits per heavy atom. The van der Waals surface area contributed by atoms with E-state index in [1.54, 1.807) is 6.92 Å². The van der Waals surface area contributed by atoms with E-state index < -0.39 is 18.2 Å². The summed E-state index contributed by atoms with van der Waals surface area (Å²) in [7, 11) is 0. The molecule has 0 aliphatic heterocycles. The molecule has 0 radical (unpaired) electrons. The lowest BCUT2D eigenvalue weighted by Gasteiger charge is -2.19. The summed E-state index contributed by atoms with van der Waals surface area (Å²) in [5, 5.41) is 23.1. The highest BCUT2D eigenvalue weighted by Gasteiger charge is 2.18. The molecule has 0 aliphatic carbocycles. The molecule has 1 amide bonds. The quantitative estimate of drug-likeness (QED) is 0.778. The third kappa shape index (κ3) is 2.60. The van der Waals surface area contributed by atoms with Gasteiger partial charge in [-0.2, -0.15) is 0 Å². The van der Waals surface area contributed by atoms with E-state index in [-0.39, 0.29) is 0 Å². The van der Waals surface area contributed by atoms with Gasteiger partial charge in [0.05, 0.1) is 12.1 Å². The standard InChI is InChI=1S/C14H15NO3/c1-9(15-14(17)18)13(16)12-7-6-10-4-2-3-5-11(10)8-12/h2-9,13,15-16H,1H3,(H,17,18)/t9-,13+/m0/s1. The Hall–Kier alpha value is -2.07. The molecule has 0 unspecified atom stereocenters. The van der Waals surface area contributed by atoms with Crippen molar-refractivity contribution in [1.82, 2.24) is 5.32 Å². The molecular formula is C14H15NO3. The molecule has 2 aromatic rings. The average Bonchev–Trinajstić information content (AvgIpc) is 2.36. The van der Waals surface area contributed by atoms with Crippen LogP contribution in [-0.2, 0) is 0 Å². The Morgan fingerprint density at radius 1 is 1.17 bits per heavy atom. The van der Waals surface area contributed by atoms with Crippen molar-refractivity contribution >= 4 is 16.9 Å². The predicted molar refractivity (Wildman–Crippen MR) is 69.5 cm³/mol. The van der Waals surface area contributed by atoms with Crippen LogP contribution in [0.2, 0.25) is 0 Å². The van der Waals surface area contributed by atoms with Gasteiger partial charge in [-0.3, -0.25) is 0 Å². The van der Waals surface area contributed by atoms with Crippen LogP contribution >= 0.6 is 0 Å². The third-order valence-electron chi connectivity index (χ3n) is 2.94. The summed E-state index contributed by atoms with van der Waals surface area (Å²) in [4.78, 5) is 10.5. The second kappa shape index (κ2) is 5.06. The predicted octanol–water partition coefficient (Wildman–Crippen LogP) is 2.53. The van der Waals surface area contributed by atoms with Gasteiger partial charge in [0.15, 0.2) is 0 Å². The van der Waals surface area contributed by atoms with E-state index in [0.717, 1.165) is 10.8 Å². The normalized spacial score (nSPS) is 14.1. The number of amides is 1. The molecule has 2 atom stereocenters. The van der Waals surface area contributed by atoms with E-state index in [1.165, 1.54) is 0 Å². The van der Waals surface area contributed by atoms with Gasteiger partial charge in [0.1, 0.15) is 0 Å². The Kier molecular flexibility index (Phi) is 3.48. The summed E-state index contributed by atoms with van der Waals surface area (Å²) >= 11 is 0. The van der Waals surface area contributed by atoms with E-state index >= 15 is 0 Å². The molecule has 18 heavy (non-hydrogen) atoms. The van der Waals surface area contributed by atoms with Crippen LogP contribution in [0.5, 0.6) is 0 Å². The maximum Gasteiger partial charge on any atom is 0.404 e. The fraction of sp³-hybridized carbons (Fsp3) is 0.214. The third-order valence-corrected chi connectivity index (χ3v) is 2.94. The van der Waals surface area contributed by atoms with Crippen molar-refractivity contribution in [2.24, 2.45) is 0 Å². The fourth-order valence-corrected chi connectivity index (χ4v) is 1.95. The van der Waals surface area contributed by atoms with Crippen molar-refractivity contribution in [2.75, 3.05) is 0 Å². The summed E-state index contributed by atoms with van der Waals surface area (Å²) in [6.45, 7) is 1.63. The maximum atomic E-state index is 10.5. The van der Waals surface area contributed by atoms with E-state index in [0.29, 0.717) is 5.56 Å². The van der Waals surface area contributed by atoms with Gasteiger partial charge < -0.3 is 15.5 Å². The van der Waals surface area contributed by atoms with Gasteiger partial charge in [-0.15, -0.1) is 0 Å². The zero-order valence-electron chi connectivity index (χ0n) is 10.00. The summed E-state index contributed by atoms with van der Waals surface area (Å²) in [5.41, 5.74) is 0.704. The van der Waals surface area contributed by atoms with Crippen LogP contribution < -0.4 is 5.32 Å². The number of carbonyl (C=O) groups is 1. The molecule has 0 aliphatic rings. The van der Waals surface area contributed by atoms with Crippen LogP contribution in [0.15, 0.2) is 42.5 Å². The highest BCUT2D eigenvalue weighted by atomic mass is 16.4. The lowest BCUT2D eigenvalue weighted by atomic mass is 10.00. The zero-order valence-corrected chi connectivity index (χ0v) is 10.00. The lowest BCUT2D eigenvalue weighted by molar-refractivity contribution is 0.127. The van der Waals surface area contributed by atoms with Crippen LogP contribution in [-0.4, -0.2) is 22.3 Å². The number of fused-ring (bicyclic) bond motifs is 1. The van der Waals surface area contributed by atoms with Crippen molar-refractivity contribution in [1.29, 1.82) is 0 Å². The molecule has 4 nitrogen and oxygen atoms in total. The molecule has 0 spiro atoms. The second-order valence-corrected chi connectivity index (χ2v) is 4.29. The monoisotopic (exact) mass is 245 g/mol. The molecule has 0 bridgehead atoms. The van der Waals surface area contributed by atoms with Crippen molar-refractivity contribution in [3.8, 4) is 0 Å². The van der Waals surface area contributed by atoms with Crippen molar-refractivity contribution in [2.45, 2.75) is 19.1 Å². The van der Waals surface area contributed by atoms with Gasteiger partial charge in [-0.05, 0) is 29.3 Å². The molecule has 3 N–H and O–H groups in total. The smallest absolute Gasteiger partial charge is 0.404 e. The number of nitrogens with one attached hydrogen (secondary N) is 1. The lowest BCUT2D eigenvalue weighted by Crippen LogP contribution is -2.35. The molecule has 0 saturated carbocycles. The molecule has 0 aromatic heterocycles. The molecular weight excluding hydrogens is 230 g/mol. The topological polar surface area (TPSA) is 69.6 Å². The molecule has 94 valence electrons. The van der Waals surface area contributed by atoms with Crippen LogP contribution in [0.4, 0.5) is 4.79 Å². The van der Waals surface area contributed by atoms with E-state index in [4.69, 9.17) is 5.11 Å². The highest BCUT2D eigenvalue weighted by molar-refractivity contribution is 5.83. The van der Waals surface area contributed by atoms with Crippen molar-refractivity contribution in [3.05, 3.63) is 48.0 Å². The number of aliphatic hydroxyl groups excluding tert-OH is 1. The van der Waals surface area contributed by atoms with Crippen LogP contribution in [0.25, 0.3) is 10.8 Å². The van der Waals surface area contributed by atoms with E-state index in [1.807, 2.05) is 42.5 Å². The van der Waals surface area contributed by atoms with Gasteiger partial charge in [0.25, 0.3) is 0 Å². The molecule has 0 fully saturated rings. The first-order chi connectivity index (χ1) is 8.58. The maximum absolute atomic E-state index is 10.5. The number of hydrogen-bond donors (Lipinski definition) is 3. The first-order valence-electron chi connectivity index (χ1n) is 5.74. The summed E-state index contributed by atoms with van der Waals surface area (Å²) in [5.74, 6) is 0. The van der Waals surface area contributed by atoms with E-state index in [2.05, 4.69) is 5.32 Å². The minimum absolute atomic E-state index is 0.552. The molecule has 0 saturated heterocycles. The zero-order chi connectivity index (χ0) is 13.1. The molecule has 2 aromatic carbocycles. The number of hydrogen-bond acceptors (Lipinski definition) is 2. The van der Waals surface area contributed by atoms with Gasteiger partial charge in [-0.25, -0.2) is 4.79 Å². The second-order valence-electron chi connectivity index (χ2n) is 4.29. The summed E-state index contributed by atoms with van der Waals surface area (Å²) in [6, 6.07) is 12.9. The van der Waals surface area contributed by atoms with Crippen molar-refractivity contribution in [3.63, 3.8) is 0 Å². The minimum atomic E-state index is -1.14. The van der Waals surface area contributed by atoms with Gasteiger partial charge in [-0.1, -0.05) is 36.4 Å². The van der Waals surface area contributed by atoms with Gasteiger partial charge >= 0.3 is 6.09 Å². The molecule has 2 rings (SSSR count). The van der Waals surface area contributed by atoms with Gasteiger partial charge in [0, 0.05) is 0 Å². The Morgan fingerprint density at radius 3 is 2.50 bits per heavy atom. The van der Waals surface area contributed by atoms with Gasteiger partial charge in [0.2, 0.25) is 0 Å². The number of carboxylic acid groups (broad SMARTS) is 1. The fourth-order valence-electron chi connectivity index (χ4n) is 1.95. The highest BCUT2D eigenvalue weighted by Crippen LogP contribution is 2.22. The van der Waals surface area contributed by atoms with E-state index in [9.17, 15) is 9.90 Å². The van der Waals surface area contributed by atoms with Crippen LogP contribution in [0.3, 0.4) is 0 Å². The Balaban J connectivity index is 2.27. The largest absolute Gasteiger partial charge is 0.465 e. The average molecular weight is 245 g/mol. The summed E-state index contributed by atoms with van der Waals surface area (Å²) in [6.07, 6.45) is -1.99. The van der Waals surface area contributed by atoms with Crippen molar-refractivity contribution < 1.29 is 15.0 Å². The van der Waals surface area contributed by atoms with Crippen LogP contribution in [0, 0.1) is 0 Å². The number of benzene rings is 2. The molecule has 0 heterocycles. The number of aliphatic hydroxyl groups is 1. The Labute approximate surface area is 105 Å². The first-order valence-corrected chi connectivity index (χ1v) is 5.74. The summed E-state index contributed by atoms with van der Waals surface area (Å²) < 4.78 is 0. The first kappa shape index (κ1) is 12.4. The minimum Gasteiger partial charge on any atom is -0.465 e. The SMILES string of the molecule is C[C@H](NC(=O)O)[C@@H](O)c1ccc2ccccc2c1. The molecule has 4 heteroatoms. The van der Waals surface area contributed by atoms with Crippen LogP contribution in [0.1, 0.15) is 18.6 Å². The number of rotatable bonds is 3.